The highest BCUT2D eigenvalue weighted by Gasteiger charge is 2.32. The molecule has 1 N–H and O–H groups in total. The van der Waals surface area contributed by atoms with Crippen LogP contribution in [0.4, 0.5) is 0 Å². The zero-order valence-corrected chi connectivity index (χ0v) is 10.9. The normalized spacial score (nSPS) is 15.3. The van der Waals surface area contributed by atoms with Gasteiger partial charge in [-0.2, -0.15) is 0 Å². The van der Waals surface area contributed by atoms with E-state index in [1.54, 1.807) is 30.5 Å². The van der Waals surface area contributed by atoms with Crippen molar-refractivity contribution in [3.63, 3.8) is 0 Å². The summed E-state index contributed by atoms with van der Waals surface area (Å²) in [7, 11) is 3.79. The van der Waals surface area contributed by atoms with E-state index in [1.165, 1.54) is 6.08 Å². The van der Waals surface area contributed by atoms with Crippen LogP contribution in [0.25, 0.3) is 0 Å². The van der Waals surface area contributed by atoms with Crippen LogP contribution in [0.5, 0.6) is 0 Å². The summed E-state index contributed by atoms with van der Waals surface area (Å²) >= 11 is 5.99. The Labute approximate surface area is 110 Å². The van der Waals surface area contributed by atoms with E-state index < -0.39 is 0 Å². The number of ketones is 2. The number of halogens is 1. The number of carbonyl (C=O) groups is 2. The van der Waals surface area contributed by atoms with Gasteiger partial charge < -0.3 is 4.90 Å². The van der Waals surface area contributed by atoms with Gasteiger partial charge in [-0.15, -0.1) is 0 Å². The first kappa shape index (κ1) is 12.7. The third-order valence-electron chi connectivity index (χ3n) is 2.61. The number of fused-ring (bicyclic) bond motifs is 1. The molecule has 0 spiro atoms. The molecule has 0 aliphatic heterocycles. The van der Waals surface area contributed by atoms with Crippen molar-refractivity contribution in [1.82, 2.24) is 0 Å². The number of benzene rings is 1. The zero-order chi connectivity index (χ0) is 13.3. The van der Waals surface area contributed by atoms with Crippen molar-refractivity contribution in [1.29, 1.82) is 0 Å². The fourth-order valence-electron chi connectivity index (χ4n) is 1.86. The van der Waals surface area contributed by atoms with E-state index in [4.69, 9.17) is 11.6 Å². The highest BCUT2D eigenvalue weighted by Crippen LogP contribution is 2.27. The smallest absolute Gasteiger partial charge is 0.197 e. The molecule has 0 heterocycles. The van der Waals surface area contributed by atoms with Crippen LogP contribution < -0.4 is 4.90 Å². The molecule has 1 aliphatic carbocycles. The van der Waals surface area contributed by atoms with Gasteiger partial charge in [0, 0.05) is 11.1 Å². The van der Waals surface area contributed by atoms with Crippen LogP contribution in [-0.2, 0) is 0 Å². The van der Waals surface area contributed by atoms with Gasteiger partial charge in [0.25, 0.3) is 0 Å². The predicted octanol–water partition coefficient (Wildman–Crippen LogP) is 1.22. The number of nitrogens with one attached hydrogen (secondary N) is 1. The van der Waals surface area contributed by atoms with E-state index in [1.807, 2.05) is 14.1 Å². The lowest BCUT2D eigenvalue weighted by Gasteiger charge is -1.98. The molecule has 0 amide bonds. The summed E-state index contributed by atoms with van der Waals surface area (Å²) in [6.07, 6.45) is 3.16. The first-order valence-electron chi connectivity index (χ1n) is 5.58. The fraction of sp³-hybridized carbons (Fsp3) is 0.143. The van der Waals surface area contributed by atoms with E-state index in [0.29, 0.717) is 16.2 Å². The number of quaternary nitrogens is 1. The van der Waals surface area contributed by atoms with Crippen LogP contribution in [-0.4, -0.2) is 25.7 Å². The number of Topliss-reactive ketones (excluding diaryl/α,β-unsaturated/α-hetero) is 2. The second-order valence-electron chi connectivity index (χ2n) is 4.37. The first-order chi connectivity index (χ1) is 8.50. The van der Waals surface area contributed by atoms with Gasteiger partial charge in [0.05, 0.1) is 24.7 Å². The van der Waals surface area contributed by atoms with Crippen LogP contribution in [0.2, 0.25) is 0 Å². The molecule has 0 saturated heterocycles. The summed E-state index contributed by atoms with van der Waals surface area (Å²) in [4.78, 5) is 25.1. The van der Waals surface area contributed by atoms with Crippen LogP contribution in [0.1, 0.15) is 20.7 Å². The summed E-state index contributed by atoms with van der Waals surface area (Å²) in [6.45, 7) is 0. The number of hydrogen-bond donors (Lipinski definition) is 1. The minimum Gasteiger partial charge on any atom is -0.312 e. The van der Waals surface area contributed by atoms with E-state index in [-0.39, 0.29) is 17.1 Å². The standard InChI is InChI=1S/C14H12ClNO2/c1-16(2)8-9(15)7-12-13(17)10-5-3-4-6-11(10)14(12)18/h3-8H,1-2H3/p+1/b9-8+. The van der Waals surface area contributed by atoms with E-state index in [9.17, 15) is 9.59 Å². The Hall–Kier alpha value is -1.71. The Morgan fingerprint density at radius 2 is 1.61 bits per heavy atom. The number of allylic oxidation sites excluding steroid dienone is 3. The van der Waals surface area contributed by atoms with Gasteiger partial charge in [0.2, 0.25) is 0 Å². The van der Waals surface area contributed by atoms with E-state index in [2.05, 4.69) is 0 Å². The third-order valence-corrected chi connectivity index (χ3v) is 2.83. The van der Waals surface area contributed by atoms with Gasteiger partial charge in [-0.1, -0.05) is 35.9 Å². The summed E-state index contributed by atoms with van der Waals surface area (Å²) < 4.78 is 0. The minimum absolute atomic E-state index is 0.138. The Balaban J connectivity index is 2.43. The average Bonchev–Trinajstić information content (AvgIpc) is 2.54. The molecule has 3 nitrogen and oxygen atoms in total. The maximum Gasteiger partial charge on any atom is 0.197 e. The Morgan fingerprint density at radius 1 is 1.11 bits per heavy atom. The molecule has 0 saturated carbocycles. The molecule has 0 radical (unpaired) electrons. The molecule has 4 heteroatoms. The minimum atomic E-state index is -0.254. The molecule has 1 aliphatic rings. The zero-order valence-electron chi connectivity index (χ0n) is 10.2. The number of rotatable bonds is 2. The summed E-state index contributed by atoms with van der Waals surface area (Å²) in [6, 6.07) is 6.80. The van der Waals surface area contributed by atoms with Crippen molar-refractivity contribution in [2.45, 2.75) is 0 Å². The lowest BCUT2D eigenvalue weighted by atomic mass is 10.1. The topological polar surface area (TPSA) is 38.6 Å². The van der Waals surface area contributed by atoms with Gasteiger partial charge in [0.15, 0.2) is 11.6 Å². The van der Waals surface area contributed by atoms with Crippen molar-refractivity contribution in [3.05, 3.63) is 58.3 Å². The molecule has 1 aromatic carbocycles. The quantitative estimate of drug-likeness (QED) is 0.643. The van der Waals surface area contributed by atoms with Crippen LogP contribution in [0, 0.1) is 0 Å². The Kier molecular flexibility index (Phi) is 3.45. The van der Waals surface area contributed by atoms with E-state index >= 15 is 0 Å². The number of carbonyl (C=O) groups excluding carboxylic acids is 2. The van der Waals surface area contributed by atoms with Crippen molar-refractivity contribution >= 4 is 23.2 Å². The average molecular weight is 263 g/mol. The molecular formula is C14H13ClNO2+. The molecule has 1 aromatic rings. The summed E-state index contributed by atoms with van der Waals surface area (Å²) in [5.74, 6) is -0.508. The van der Waals surface area contributed by atoms with Gasteiger partial charge in [-0.05, 0) is 6.08 Å². The molecule has 0 aromatic heterocycles. The lowest BCUT2D eigenvalue weighted by molar-refractivity contribution is -0.801. The van der Waals surface area contributed by atoms with Crippen LogP contribution >= 0.6 is 11.6 Å². The second-order valence-corrected chi connectivity index (χ2v) is 4.80. The van der Waals surface area contributed by atoms with Gasteiger partial charge in [0.1, 0.15) is 6.20 Å². The SMILES string of the molecule is C[NH+](C)/C=C(/Cl)C=C1C(=O)c2ccccc2C1=O. The second kappa shape index (κ2) is 4.88. The molecule has 0 fully saturated rings. The van der Waals surface area contributed by atoms with Crippen LogP contribution in [0.15, 0.2) is 47.1 Å². The van der Waals surface area contributed by atoms with Crippen molar-refractivity contribution in [3.8, 4) is 0 Å². The molecule has 18 heavy (non-hydrogen) atoms. The summed E-state index contributed by atoms with van der Waals surface area (Å²) in [5.41, 5.74) is 1.05. The molecular weight excluding hydrogens is 250 g/mol. The molecule has 0 bridgehead atoms. The van der Waals surface area contributed by atoms with Gasteiger partial charge in [-0.25, -0.2) is 0 Å². The highest BCUT2D eigenvalue weighted by molar-refractivity contribution is 6.41. The molecule has 2 rings (SSSR count). The molecule has 0 atom stereocenters. The van der Waals surface area contributed by atoms with Crippen molar-refractivity contribution in [2.75, 3.05) is 14.1 Å². The predicted molar refractivity (Wildman–Crippen MR) is 69.9 cm³/mol. The monoisotopic (exact) mass is 262 g/mol. The first-order valence-corrected chi connectivity index (χ1v) is 5.96. The maximum absolute atomic E-state index is 12.0. The van der Waals surface area contributed by atoms with Crippen LogP contribution in [0.3, 0.4) is 0 Å². The molecule has 0 unspecified atom stereocenters. The van der Waals surface area contributed by atoms with Gasteiger partial charge in [-0.3, -0.25) is 9.59 Å². The van der Waals surface area contributed by atoms with Crippen molar-refractivity contribution < 1.29 is 14.5 Å². The summed E-state index contributed by atoms with van der Waals surface area (Å²) in [5, 5.41) is 0.388. The lowest BCUT2D eigenvalue weighted by Crippen LogP contribution is -3.00. The van der Waals surface area contributed by atoms with E-state index in [0.717, 1.165) is 4.90 Å². The largest absolute Gasteiger partial charge is 0.312 e. The maximum atomic E-state index is 12.0. The fourth-order valence-corrected chi connectivity index (χ4v) is 2.19. The Morgan fingerprint density at radius 3 is 2.06 bits per heavy atom. The Bertz CT molecular complexity index is 548. The molecule has 92 valence electrons. The highest BCUT2D eigenvalue weighted by atomic mass is 35.5. The third kappa shape index (κ3) is 2.28. The van der Waals surface area contributed by atoms with Crippen molar-refractivity contribution in [2.24, 2.45) is 0 Å². The number of hydrogen-bond acceptors (Lipinski definition) is 2. The van der Waals surface area contributed by atoms with Gasteiger partial charge >= 0.3 is 0 Å².